The molecule has 5 heteroatoms. The molecule has 0 spiro atoms. The summed E-state index contributed by atoms with van der Waals surface area (Å²) in [6, 6.07) is 9.34. The molecule has 0 fully saturated rings. The lowest BCUT2D eigenvalue weighted by Gasteiger charge is -1.96. The van der Waals surface area contributed by atoms with Gasteiger partial charge in [-0.25, -0.2) is 0 Å². The lowest BCUT2D eigenvalue weighted by Crippen LogP contribution is -1.99. The Morgan fingerprint density at radius 3 is 2.47 bits per heavy atom. The molecule has 0 saturated heterocycles. The summed E-state index contributed by atoms with van der Waals surface area (Å²) in [4.78, 5) is 12.4. The number of nitrogens with zero attached hydrogens (tertiary/aromatic N) is 3. The minimum Gasteiger partial charge on any atom is -0.274 e. The number of aryl methyl sites for hydroxylation is 1. The fourth-order valence-corrected chi connectivity index (χ4v) is 1.41. The molecule has 1 heterocycles. The van der Waals surface area contributed by atoms with Crippen LogP contribution in [0.25, 0.3) is 5.69 Å². The Morgan fingerprint density at radius 2 is 1.93 bits per heavy atom. The van der Waals surface area contributed by atoms with Gasteiger partial charge in [0.05, 0.1) is 11.4 Å². The first-order valence-corrected chi connectivity index (χ1v) is 4.75. The van der Waals surface area contributed by atoms with Crippen LogP contribution < -0.4 is 0 Å². The van der Waals surface area contributed by atoms with Crippen molar-refractivity contribution in [2.24, 2.45) is 0 Å². The summed E-state index contributed by atoms with van der Waals surface area (Å²) < 4.78 is 0. The van der Waals surface area contributed by atoms with Crippen molar-refractivity contribution in [2.45, 2.75) is 6.92 Å². The first kappa shape index (κ1) is 9.86. The van der Waals surface area contributed by atoms with E-state index in [1.165, 1.54) is 4.80 Å². The van der Waals surface area contributed by atoms with E-state index in [0.29, 0.717) is 5.69 Å². The number of aromatic nitrogens is 3. The molecule has 1 aromatic heterocycles. The first-order valence-electron chi connectivity index (χ1n) is 4.37. The van der Waals surface area contributed by atoms with Crippen molar-refractivity contribution in [3.8, 4) is 5.69 Å². The zero-order valence-corrected chi connectivity index (χ0v) is 8.77. The number of benzene rings is 1. The molecule has 0 saturated carbocycles. The van der Waals surface area contributed by atoms with Gasteiger partial charge in [-0.2, -0.15) is 9.90 Å². The average molecular weight is 222 g/mol. The van der Waals surface area contributed by atoms with Crippen molar-refractivity contribution in [2.75, 3.05) is 0 Å². The molecule has 0 aliphatic carbocycles. The van der Waals surface area contributed by atoms with Crippen molar-refractivity contribution in [3.05, 3.63) is 41.7 Å². The highest BCUT2D eigenvalue weighted by Crippen LogP contribution is 2.09. The number of halogens is 1. The van der Waals surface area contributed by atoms with Gasteiger partial charge in [0, 0.05) is 0 Å². The Balaban J connectivity index is 2.48. The highest BCUT2D eigenvalue weighted by atomic mass is 35.5. The van der Waals surface area contributed by atoms with Crippen LogP contribution in [0.3, 0.4) is 0 Å². The summed E-state index contributed by atoms with van der Waals surface area (Å²) in [5, 5.41) is 7.52. The first-order chi connectivity index (χ1) is 7.18. The van der Waals surface area contributed by atoms with Gasteiger partial charge in [0.25, 0.3) is 5.24 Å². The van der Waals surface area contributed by atoms with Crippen LogP contribution in [0.15, 0.2) is 30.3 Å². The number of rotatable bonds is 2. The van der Waals surface area contributed by atoms with E-state index in [1.807, 2.05) is 30.3 Å². The van der Waals surface area contributed by atoms with Crippen LogP contribution in [0.5, 0.6) is 0 Å². The molecule has 0 bridgehead atoms. The van der Waals surface area contributed by atoms with Gasteiger partial charge in [0.15, 0.2) is 5.69 Å². The van der Waals surface area contributed by atoms with Gasteiger partial charge >= 0.3 is 0 Å². The summed E-state index contributed by atoms with van der Waals surface area (Å²) in [7, 11) is 0. The van der Waals surface area contributed by atoms with Crippen molar-refractivity contribution >= 4 is 16.8 Å². The lowest BCUT2D eigenvalue weighted by atomic mass is 10.3. The predicted octanol–water partition coefficient (Wildman–Crippen LogP) is 1.95. The molecule has 1 aromatic carbocycles. The second-order valence-electron chi connectivity index (χ2n) is 3.03. The number of carbonyl (C=O) groups is 1. The Bertz CT molecular complexity index is 493. The minimum atomic E-state index is -0.588. The molecule has 0 N–H and O–H groups in total. The summed E-state index contributed by atoms with van der Waals surface area (Å²) >= 11 is 5.35. The topological polar surface area (TPSA) is 47.8 Å². The maximum atomic E-state index is 11.0. The highest BCUT2D eigenvalue weighted by Gasteiger charge is 2.13. The van der Waals surface area contributed by atoms with Crippen molar-refractivity contribution in [1.29, 1.82) is 0 Å². The van der Waals surface area contributed by atoms with Gasteiger partial charge in [-0.05, 0) is 30.7 Å². The minimum absolute atomic E-state index is 0.195. The number of hydrogen-bond donors (Lipinski definition) is 0. The Labute approximate surface area is 91.5 Å². The molecule has 76 valence electrons. The van der Waals surface area contributed by atoms with Gasteiger partial charge in [0.2, 0.25) is 0 Å². The van der Waals surface area contributed by atoms with Crippen LogP contribution in [0.1, 0.15) is 16.2 Å². The lowest BCUT2D eigenvalue weighted by molar-refractivity contribution is 0.107. The Kier molecular flexibility index (Phi) is 2.51. The summed E-state index contributed by atoms with van der Waals surface area (Å²) in [6.07, 6.45) is 0. The van der Waals surface area contributed by atoms with E-state index < -0.39 is 5.24 Å². The molecule has 2 aromatic rings. The van der Waals surface area contributed by atoms with Crippen LogP contribution in [0.4, 0.5) is 0 Å². The van der Waals surface area contributed by atoms with Crippen molar-refractivity contribution in [1.82, 2.24) is 15.0 Å². The Morgan fingerprint density at radius 1 is 1.27 bits per heavy atom. The van der Waals surface area contributed by atoms with Gasteiger partial charge in [-0.3, -0.25) is 4.79 Å². The van der Waals surface area contributed by atoms with E-state index in [1.54, 1.807) is 6.92 Å². The largest absolute Gasteiger partial charge is 0.274 e. The molecule has 2 rings (SSSR count). The molecule has 0 amide bonds. The standard InChI is InChI=1S/C10H8ClN3O/c1-7-9(10(11)15)13-14(12-7)8-5-3-2-4-6-8/h2-6H,1H3. The van der Waals surface area contributed by atoms with Gasteiger partial charge in [-0.15, -0.1) is 5.10 Å². The SMILES string of the molecule is Cc1nn(-c2ccccc2)nc1C(=O)Cl. The monoisotopic (exact) mass is 221 g/mol. The molecule has 0 radical (unpaired) electrons. The fourth-order valence-electron chi connectivity index (χ4n) is 1.24. The van der Waals surface area contributed by atoms with Crippen LogP contribution in [-0.4, -0.2) is 20.2 Å². The number of para-hydroxylation sites is 1. The maximum Gasteiger partial charge on any atom is 0.274 e. The van der Waals surface area contributed by atoms with Gasteiger partial charge in [-0.1, -0.05) is 18.2 Å². The van der Waals surface area contributed by atoms with E-state index in [-0.39, 0.29) is 5.69 Å². The fraction of sp³-hybridized carbons (Fsp3) is 0.100. The zero-order chi connectivity index (χ0) is 10.8. The van der Waals surface area contributed by atoms with E-state index >= 15 is 0 Å². The zero-order valence-electron chi connectivity index (χ0n) is 8.01. The smallest absolute Gasteiger partial charge is 0.274 e. The quantitative estimate of drug-likeness (QED) is 0.729. The molecule has 4 nitrogen and oxygen atoms in total. The van der Waals surface area contributed by atoms with E-state index in [4.69, 9.17) is 11.6 Å². The molecular weight excluding hydrogens is 214 g/mol. The van der Waals surface area contributed by atoms with E-state index in [9.17, 15) is 4.79 Å². The third-order valence-corrected chi connectivity index (χ3v) is 2.13. The molecule has 0 unspecified atom stereocenters. The molecular formula is C10H8ClN3O. The summed E-state index contributed by atoms with van der Waals surface area (Å²) in [5.41, 5.74) is 1.52. The van der Waals surface area contributed by atoms with Crippen molar-refractivity contribution in [3.63, 3.8) is 0 Å². The highest BCUT2D eigenvalue weighted by molar-refractivity contribution is 6.67. The summed E-state index contributed by atoms with van der Waals surface area (Å²) in [6.45, 7) is 1.70. The molecule has 0 atom stereocenters. The predicted molar refractivity (Wildman–Crippen MR) is 56.3 cm³/mol. The van der Waals surface area contributed by atoms with Gasteiger partial charge < -0.3 is 0 Å². The number of hydrogen-bond acceptors (Lipinski definition) is 3. The van der Waals surface area contributed by atoms with Crippen LogP contribution in [0.2, 0.25) is 0 Å². The molecule has 0 aliphatic heterocycles. The maximum absolute atomic E-state index is 11.0. The number of carbonyl (C=O) groups excluding carboxylic acids is 1. The molecule has 0 aliphatic rings. The van der Waals surface area contributed by atoms with Crippen LogP contribution in [-0.2, 0) is 0 Å². The normalized spacial score (nSPS) is 10.3. The second kappa shape index (κ2) is 3.82. The Hall–Kier alpha value is -1.68. The van der Waals surface area contributed by atoms with Crippen LogP contribution in [0, 0.1) is 6.92 Å². The average Bonchev–Trinajstić information content (AvgIpc) is 2.62. The second-order valence-corrected chi connectivity index (χ2v) is 3.38. The van der Waals surface area contributed by atoms with E-state index in [0.717, 1.165) is 5.69 Å². The third kappa shape index (κ3) is 1.89. The van der Waals surface area contributed by atoms with Gasteiger partial charge in [0.1, 0.15) is 0 Å². The van der Waals surface area contributed by atoms with Crippen LogP contribution >= 0.6 is 11.6 Å². The van der Waals surface area contributed by atoms with Crippen molar-refractivity contribution < 1.29 is 4.79 Å². The summed E-state index contributed by atoms with van der Waals surface area (Å²) in [5.74, 6) is 0. The third-order valence-electron chi connectivity index (χ3n) is 1.96. The van der Waals surface area contributed by atoms with E-state index in [2.05, 4.69) is 10.2 Å². The molecule has 15 heavy (non-hydrogen) atoms.